The van der Waals surface area contributed by atoms with Crippen LogP contribution in [0.15, 0.2) is 48.5 Å². The van der Waals surface area contributed by atoms with Crippen LogP contribution in [-0.2, 0) is 4.79 Å². The second kappa shape index (κ2) is 9.13. The first kappa shape index (κ1) is 20.2. The van der Waals surface area contributed by atoms with Crippen LogP contribution in [0.25, 0.3) is 0 Å². The van der Waals surface area contributed by atoms with Crippen molar-refractivity contribution in [1.82, 2.24) is 0 Å². The van der Waals surface area contributed by atoms with Crippen molar-refractivity contribution in [3.8, 4) is 0 Å². The van der Waals surface area contributed by atoms with E-state index in [1.54, 1.807) is 12.1 Å². The summed E-state index contributed by atoms with van der Waals surface area (Å²) in [6.45, 7) is 6.04. The summed E-state index contributed by atoms with van der Waals surface area (Å²) in [5.74, 6) is 0.0303. The van der Waals surface area contributed by atoms with Crippen LogP contribution in [0.2, 0.25) is 0 Å². The number of rotatable bonds is 6. The van der Waals surface area contributed by atoms with Crippen molar-refractivity contribution in [2.24, 2.45) is 0 Å². The molecule has 8 heteroatoms. The Hall–Kier alpha value is -3.13. The second-order valence-electron chi connectivity index (χ2n) is 7.98. The number of hydrogen-bond acceptors (Lipinski definition) is 5. The average Bonchev–Trinajstić information content (AvgIpc) is 3.30. The van der Waals surface area contributed by atoms with Crippen molar-refractivity contribution in [3.05, 3.63) is 58.6 Å². The summed E-state index contributed by atoms with van der Waals surface area (Å²) in [7, 11) is 0. The number of nitrogens with one attached hydrogen (secondary N) is 2. The number of piperazine rings is 1. The highest BCUT2D eigenvalue weighted by Crippen LogP contribution is 2.22. The molecule has 2 aliphatic rings. The Kier molecular flexibility index (Phi) is 6.13. The van der Waals surface area contributed by atoms with Crippen molar-refractivity contribution in [2.75, 3.05) is 60.9 Å². The summed E-state index contributed by atoms with van der Waals surface area (Å²) < 4.78 is 0. The third-order valence-electron chi connectivity index (χ3n) is 5.93. The lowest BCUT2D eigenvalue weighted by atomic mass is 10.2. The van der Waals surface area contributed by atoms with Crippen molar-refractivity contribution in [1.29, 1.82) is 0 Å². The first-order valence-corrected chi connectivity index (χ1v) is 10.6. The van der Waals surface area contributed by atoms with Crippen LogP contribution in [0.3, 0.4) is 0 Å². The number of carbonyl (C=O) groups is 1. The van der Waals surface area contributed by atoms with Gasteiger partial charge in [0, 0.05) is 42.3 Å². The maximum atomic E-state index is 12.5. The molecule has 0 atom stereocenters. The Morgan fingerprint density at radius 2 is 1.43 bits per heavy atom. The number of anilines is 3. The SMILES string of the molecule is O=C(C[NH+]1CCN(c2ccc([N+](=O)[O-])cc2)CC1)Nc1ccc(N2CCCC2)cc1. The molecule has 2 aliphatic heterocycles. The molecule has 2 aromatic rings. The number of non-ortho nitro benzene ring substituents is 1. The summed E-state index contributed by atoms with van der Waals surface area (Å²) in [5, 5.41) is 13.8. The molecule has 0 aromatic heterocycles. The molecule has 0 radical (unpaired) electrons. The largest absolute Gasteiger partial charge is 0.372 e. The topological polar surface area (TPSA) is 83.2 Å². The zero-order chi connectivity index (χ0) is 20.9. The Labute approximate surface area is 176 Å². The van der Waals surface area contributed by atoms with E-state index in [4.69, 9.17) is 0 Å². The van der Waals surface area contributed by atoms with Gasteiger partial charge >= 0.3 is 0 Å². The van der Waals surface area contributed by atoms with E-state index in [-0.39, 0.29) is 16.5 Å². The van der Waals surface area contributed by atoms with Crippen LogP contribution in [0.4, 0.5) is 22.7 Å². The zero-order valence-corrected chi connectivity index (χ0v) is 17.0. The number of amides is 1. The number of benzene rings is 2. The Morgan fingerprint density at radius 3 is 2.00 bits per heavy atom. The zero-order valence-electron chi connectivity index (χ0n) is 17.0. The predicted molar refractivity (Wildman–Crippen MR) is 117 cm³/mol. The molecular formula is C22H28N5O3+. The number of nitro groups is 1. The number of hydrogen-bond donors (Lipinski definition) is 2. The fourth-order valence-electron chi connectivity index (χ4n) is 4.21. The summed E-state index contributed by atoms with van der Waals surface area (Å²) in [6, 6.07) is 14.8. The molecule has 1 amide bonds. The van der Waals surface area contributed by atoms with E-state index in [9.17, 15) is 14.9 Å². The van der Waals surface area contributed by atoms with Gasteiger partial charge in [0.25, 0.3) is 11.6 Å². The first-order valence-electron chi connectivity index (χ1n) is 10.6. The lowest BCUT2D eigenvalue weighted by Gasteiger charge is -2.33. The molecule has 2 N–H and O–H groups in total. The quantitative estimate of drug-likeness (QED) is 0.558. The standard InChI is InChI=1S/C22H27N5O3/c28-22(23-18-3-5-19(6-4-18)25-11-1-2-12-25)17-24-13-15-26(16-14-24)20-7-9-21(10-8-20)27(29)30/h3-10H,1-2,11-17H2,(H,23,28)/p+1. The Bertz CT molecular complexity index is 871. The van der Waals surface area contributed by atoms with Gasteiger partial charge < -0.3 is 20.0 Å². The number of nitro benzene ring substituents is 1. The number of carbonyl (C=O) groups excluding carboxylic acids is 1. The summed E-state index contributed by atoms with van der Waals surface area (Å²) >= 11 is 0. The highest BCUT2D eigenvalue weighted by Gasteiger charge is 2.23. The van der Waals surface area contributed by atoms with E-state index in [1.807, 2.05) is 12.1 Å². The first-order chi connectivity index (χ1) is 14.6. The maximum absolute atomic E-state index is 12.5. The van der Waals surface area contributed by atoms with E-state index < -0.39 is 0 Å². The molecular weight excluding hydrogens is 382 g/mol. The van der Waals surface area contributed by atoms with Crippen LogP contribution >= 0.6 is 0 Å². The summed E-state index contributed by atoms with van der Waals surface area (Å²) in [4.78, 5) is 28.7. The van der Waals surface area contributed by atoms with Crippen molar-refractivity contribution in [2.45, 2.75) is 12.8 Å². The molecule has 158 valence electrons. The van der Waals surface area contributed by atoms with Crippen LogP contribution in [0.5, 0.6) is 0 Å². The van der Waals surface area contributed by atoms with E-state index in [2.05, 4.69) is 27.2 Å². The van der Waals surface area contributed by atoms with Crippen molar-refractivity contribution < 1.29 is 14.6 Å². The van der Waals surface area contributed by atoms with E-state index in [0.29, 0.717) is 6.54 Å². The lowest BCUT2D eigenvalue weighted by molar-refractivity contribution is -0.892. The molecule has 2 heterocycles. The van der Waals surface area contributed by atoms with Gasteiger partial charge in [0.15, 0.2) is 6.54 Å². The van der Waals surface area contributed by atoms with Crippen LogP contribution in [-0.4, -0.2) is 56.6 Å². The molecule has 30 heavy (non-hydrogen) atoms. The van der Waals surface area contributed by atoms with Crippen molar-refractivity contribution >= 4 is 28.7 Å². The molecule has 0 spiro atoms. The van der Waals surface area contributed by atoms with Gasteiger partial charge in [-0.25, -0.2) is 0 Å². The molecule has 0 bridgehead atoms. The number of quaternary nitrogens is 1. The van der Waals surface area contributed by atoms with Crippen LogP contribution in [0, 0.1) is 10.1 Å². The average molecular weight is 410 g/mol. The Balaban J connectivity index is 1.23. The van der Waals surface area contributed by atoms with E-state index >= 15 is 0 Å². The van der Waals surface area contributed by atoms with E-state index in [1.165, 1.54) is 35.6 Å². The van der Waals surface area contributed by atoms with Gasteiger partial charge in [-0.2, -0.15) is 0 Å². The highest BCUT2D eigenvalue weighted by atomic mass is 16.6. The smallest absolute Gasteiger partial charge is 0.279 e. The third kappa shape index (κ3) is 4.88. The lowest BCUT2D eigenvalue weighted by Crippen LogP contribution is -3.15. The minimum Gasteiger partial charge on any atom is -0.372 e. The van der Waals surface area contributed by atoms with Gasteiger partial charge in [-0.3, -0.25) is 14.9 Å². The summed E-state index contributed by atoms with van der Waals surface area (Å²) in [6.07, 6.45) is 2.50. The molecule has 2 saturated heterocycles. The molecule has 0 saturated carbocycles. The predicted octanol–water partition coefficient (Wildman–Crippen LogP) is 1.54. The maximum Gasteiger partial charge on any atom is 0.279 e. The molecule has 0 unspecified atom stereocenters. The fourth-order valence-corrected chi connectivity index (χ4v) is 4.21. The van der Waals surface area contributed by atoms with Gasteiger partial charge in [0.1, 0.15) is 0 Å². The molecule has 4 rings (SSSR count). The molecule has 2 aromatic carbocycles. The molecule has 0 aliphatic carbocycles. The highest BCUT2D eigenvalue weighted by molar-refractivity contribution is 5.91. The van der Waals surface area contributed by atoms with Gasteiger partial charge in [0.2, 0.25) is 0 Å². The van der Waals surface area contributed by atoms with Gasteiger partial charge in [0.05, 0.1) is 31.1 Å². The third-order valence-corrected chi connectivity index (χ3v) is 5.93. The van der Waals surface area contributed by atoms with Gasteiger partial charge in [-0.1, -0.05) is 0 Å². The Morgan fingerprint density at radius 1 is 0.900 bits per heavy atom. The number of nitrogens with zero attached hydrogens (tertiary/aromatic N) is 3. The second-order valence-corrected chi connectivity index (χ2v) is 7.98. The molecule has 8 nitrogen and oxygen atoms in total. The fraction of sp³-hybridized carbons (Fsp3) is 0.409. The van der Waals surface area contributed by atoms with Gasteiger partial charge in [-0.05, 0) is 49.2 Å². The van der Waals surface area contributed by atoms with E-state index in [0.717, 1.165) is 50.6 Å². The van der Waals surface area contributed by atoms with Gasteiger partial charge in [-0.15, -0.1) is 0 Å². The van der Waals surface area contributed by atoms with Crippen LogP contribution < -0.4 is 20.0 Å². The minimum absolute atomic E-state index is 0.0303. The van der Waals surface area contributed by atoms with Crippen LogP contribution in [0.1, 0.15) is 12.8 Å². The monoisotopic (exact) mass is 410 g/mol. The normalized spacial score (nSPS) is 17.2. The molecule has 2 fully saturated rings. The minimum atomic E-state index is -0.384. The van der Waals surface area contributed by atoms with Crippen molar-refractivity contribution in [3.63, 3.8) is 0 Å². The summed E-state index contributed by atoms with van der Waals surface area (Å²) in [5.41, 5.74) is 3.15.